The SMILES string of the molecule is CC1=C(C(=O)Nc2ccc(C)cc2C)C(c2cccnc2)n2nc(SCC(=O)c3ccc(C)cc3)nc2N1. The molecular weight excluding hydrogens is 496 g/mol. The highest BCUT2D eigenvalue weighted by Gasteiger charge is 2.34. The Morgan fingerprint density at radius 1 is 1.03 bits per heavy atom. The molecule has 0 bridgehead atoms. The number of carbonyl (C=O) groups is 2. The van der Waals surface area contributed by atoms with E-state index < -0.39 is 6.04 Å². The fraction of sp³-hybridized carbons (Fsp3) is 0.207. The van der Waals surface area contributed by atoms with Gasteiger partial charge in [0.1, 0.15) is 6.04 Å². The monoisotopic (exact) mass is 524 g/mol. The van der Waals surface area contributed by atoms with Gasteiger partial charge in [-0.1, -0.05) is 65.4 Å². The zero-order valence-electron chi connectivity index (χ0n) is 21.6. The fourth-order valence-corrected chi connectivity index (χ4v) is 5.15. The average Bonchev–Trinajstić information content (AvgIpc) is 3.31. The number of hydrogen-bond donors (Lipinski definition) is 2. The number of fused-ring (bicyclic) bond motifs is 1. The summed E-state index contributed by atoms with van der Waals surface area (Å²) < 4.78 is 1.69. The molecule has 0 fully saturated rings. The molecule has 1 aliphatic rings. The van der Waals surface area contributed by atoms with Crippen LogP contribution in [0.3, 0.4) is 0 Å². The van der Waals surface area contributed by atoms with Gasteiger partial charge in [0.05, 0.1) is 11.3 Å². The largest absolute Gasteiger partial charge is 0.328 e. The molecule has 3 heterocycles. The van der Waals surface area contributed by atoms with E-state index in [2.05, 4.69) is 20.6 Å². The third-order valence-electron chi connectivity index (χ3n) is 6.41. The summed E-state index contributed by atoms with van der Waals surface area (Å²) >= 11 is 1.27. The summed E-state index contributed by atoms with van der Waals surface area (Å²) in [5.41, 5.74) is 6.61. The first-order valence-corrected chi connectivity index (χ1v) is 13.2. The number of pyridine rings is 1. The lowest BCUT2D eigenvalue weighted by atomic mass is 9.96. The number of aromatic nitrogens is 4. The van der Waals surface area contributed by atoms with Crippen molar-refractivity contribution in [2.75, 3.05) is 16.4 Å². The number of aryl methyl sites for hydroxylation is 3. The first-order chi connectivity index (χ1) is 18.3. The van der Waals surface area contributed by atoms with Crippen LogP contribution in [0.5, 0.6) is 0 Å². The van der Waals surface area contributed by atoms with Gasteiger partial charge in [-0.2, -0.15) is 4.98 Å². The van der Waals surface area contributed by atoms with Crippen molar-refractivity contribution in [3.63, 3.8) is 0 Å². The van der Waals surface area contributed by atoms with Gasteiger partial charge in [0, 0.05) is 29.3 Å². The van der Waals surface area contributed by atoms with Crippen molar-refractivity contribution in [2.24, 2.45) is 0 Å². The Bertz CT molecular complexity index is 1540. The van der Waals surface area contributed by atoms with Crippen molar-refractivity contribution in [2.45, 2.75) is 38.9 Å². The second-order valence-electron chi connectivity index (χ2n) is 9.37. The third kappa shape index (κ3) is 5.24. The summed E-state index contributed by atoms with van der Waals surface area (Å²) in [5.74, 6) is 0.476. The van der Waals surface area contributed by atoms with Crippen molar-refractivity contribution < 1.29 is 9.59 Å². The number of ketones is 1. The molecule has 1 aliphatic heterocycles. The number of anilines is 2. The number of benzene rings is 2. The van der Waals surface area contributed by atoms with Crippen LogP contribution in [-0.2, 0) is 4.79 Å². The maximum Gasteiger partial charge on any atom is 0.255 e. The Balaban J connectivity index is 1.43. The van der Waals surface area contributed by atoms with Crippen molar-refractivity contribution in [3.05, 3.63) is 106 Å². The third-order valence-corrected chi connectivity index (χ3v) is 7.25. The lowest BCUT2D eigenvalue weighted by Gasteiger charge is -2.28. The van der Waals surface area contributed by atoms with Crippen molar-refractivity contribution >= 4 is 35.1 Å². The van der Waals surface area contributed by atoms with Crippen LogP contribution in [0.4, 0.5) is 11.6 Å². The normalized spacial score (nSPS) is 14.6. The molecule has 0 saturated carbocycles. The summed E-state index contributed by atoms with van der Waals surface area (Å²) in [4.78, 5) is 35.3. The minimum absolute atomic E-state index is 0.00220. The highest BCUT2D eigenvalue weighted by atomic mass is 32.2. The van der Waals surface area contributed by atoms with Gasteiger partial charge >= 0.3 is 0 Å². The molecule has 0 aliphatic carbocycles. The molecule has 4 aromatic rings. The molecule has 9 heteroatoms. The summed E-state index contributed by atoms with van der Waals surface area (Å²) in [6, 6.07) is 16.6. The Hall–Kier alpha value is -4.24. The fourth-order valence-electron chi connectivity index (χ4n) is 4.43. The second-order valence-corrected chi connectivity index (χ2v) is 10.3. The molecule has 0 saturated heterocycles. The van der Waals surface area contributed by atoms with Gasteiger partial charge in [0.15, 0.2) is 5.78 Å². The van der Waals surface area contributed by atoms with Crippen LogP contribution in [0.25, 0.3) is 0 Å². The molecule has 1 amide bonds. The molecule has 1 atom stereocenters. The van der Waals surface area contributed by atoms with Crippen LogP contribution < -0.4 is 10.6 Å². The van der Waals surface area contributed by atoms with Crippen molar-refractivity contribution in [1.82, 2.24) is 19.7 Å². The number of thioether (sulfide) groups is 1. The number of rotatable bonds is 7. The molecule has 0 spiro atoms. The maximum atomic E-state index is 13.7. The molecular formula is C29H28N6O2S. The van der Waals surface area contributed by atoms with Crippen LogP contribution in [0.2, 0.25) is 0 Å². The van der Waals surface area contributed by atoms with E-state index in [1.54, 1.807) is 17.1 Å². The number of Topliss-reactive ketones (excluding diaryl/α,β-unsaturated/α-hetero) is 1. The molecule has 38 heavy (non-hydrogen) atoms. The lowest BCUT2D eigenvalue weighted by molar-refractivity contribution is -0.113. The van der Waals surface area contributed by atoms with E-state index in [-0.39, 0.29) is 17.4 Å². The zero-order valence-corrected chi connectivity index (χ0v) is 22.5. The minimum atomic E-state index is -0.541. The molecule has 2 N–H and O–H groups in total. The Morgan fingerprint density at radius 2 is 1.79 bits per heavy atom. The zero-order chi connectivity index (χ0) is 26.8. The predicted octanol–water partition coefficient (Wildman–Crippen LogP) is 5.50. The van der Waals surface area contributed by atoms with E-state index in [0.717, 1.165) is 27.9 Å². The minimum Gasteiger partial charge on any atom is -0.328 e. The summed E-state index contributed by atoms with van der Waals surface area (Å²) in [7, 11) is 0. The Morgan fingerprint density at radius 3 is 2.50 bits per heavy atom. The van der Waals surface area contributed by atoms with E-state index in [4.69, 9.17) is 5.10 Å². The van der Waals surface area contributed by atoms with Gasteiger partial charge in [-0.3, -0.25) is 14.6 Å². The highest BCUT2D eigenvalue weighted by Crippen LogP contribution is 2.36. The quantitative estimate of drug-likeness (QED) is 0.243. The van der Waals surface area contributed by atoms with Crippen LogP contribution in [0.15, 0.2) is 83.4 Å². The van der Waals surface area contributed by atoms with Gasteiger partial charge in [0.2, 0.25) is 11.1 Å². The van der Waals surface area contributed by atoms with E-state index in [9.17, 15) is 9.59 Å². The predicted molar refractivity (Wildman–Crippen MR) is 149 cm³/mol. The summed E-state index contributed by atoms with van der Waals surface area (Å²) in [6.07, 6.45) is 3.42. The lowest BCUT2D eigenvalue weighted by Crippen LogP contribution is -2.31. The van der Waals surface area contributed by atoms with E-state index in [1.165, 1.54) is 11.8 Å². The molecule has 192 valence electrons. The first kappa shape index (κ1) is 25.4. The molecule has 0 radical (unpaired) electrons. The molecule has 2 aromatic heterocycles. The summed E-state index contributed by atoms with van der Waals surface area (Å²) in [5, 5.41) is 11.5. The van der Waals surface area contributed by atoms with Gasteiger partial charge in [0.25, 0.3) is 5.91 Å². The number of allylic oxidation sites excluding steroid dienone is 1. The van der Waals surface area contributed by atoms with Gasteiger partial charge in [-0.15, -0.1) is 5.10 Å². The number of nitrogens with zero attached hydrogens (tertiary/aromatic N) is 4. The number of amides is 1. The standard InChI is InChI=1S/C29H28N6O2S/c1-17-7-10-21(11-8-17)24(36)16-38-29-33-28-31-20(4)25(26(35(28)34-29)22-6-5-13-30-15-22)27(37)32-23-12-9-18(2)14-19(23)3/h5-15,26H,16H2,1-4H3,(H,32,37)(H,31,33,34). The molecule has 1 unspecified atom stereocenters. The average molecular weight is 525 g/mol. The molecule has 2 aromatic carbocycles. The summed E-state index contributed by atoms with van der Waals surface area (Å²) in [6.45, 7) is 7.83. The number of carbonyl (C=O) groups excluding carboxylic acids is 2. The van der Waals surface area contributed by atoms with E-state index in [0.29, 0.717) is 27.9 Å². The van der Waals surface area contributed by atoms with Gasteiger partial charge in [-0.25, -0.2) is 4.68 Å². The van der Waals surface area contributed by atoms with Crippen LogP contribution in [-0.4, -0.2) is 37.2 Å². The smallest absolute Gasteiger partial charge is 0.255 e. The van der Waals surface area contributed by atoms with Crippen molar-refractivity contribution in [1.29, 1.82) is 0 Å². The van der Waals surface area contributed by atoms with Crippen molar-refractivity contribution in [3.8, 4) is 0 Å². The topological polar surface area (TPSA) is 102 Å². The van der Waals surface area contributed by atoms with Crippen LogP contribution in [0.1, 0.15) is 45.6 Å². The number of nitrogens with one attached hydrogen (secondary N) is 2. The molecule has 8 nitrogen and oxygen atoms in total. The van der Waals surface area contributed by atoms with Crippen LogP contribution >= 0.6 is 11.8 Å². The first-order valence-electron chi connectivity index (χ1n) is 12.3. The van der Waals surface area contributed by atoms with E-state index in [1.807, 2.05) is 82.3 Å². The Labute approximate surface area is 225 Å². The Kier molecular flexibility index (Phi) is 7.11. The van der Waals surface area contributed by atoms with E-state index >= 15 is 0 Å². The van der Waals surface area contributed by atoms with Gasteiger partial charge in [-0.05, 0) is 51.0 Å². The molecule has 5 rings (SSSR count). The van der Waals surface area contributed by atoms with Crippen LogP contribution in [0, 0.1) is 20.8 Å². The highest BCUT2D eigenvalue weighted by molar-refractivity contribution is 7.99. The maximum absolute atomic E-state index is 13.7. The number of hydrogen-bond acceptors (Lipinski definition) is 7. The second kappa shape index (κ2) is 10.6. The van der Waals surface area contributed by atoms with Gasteiger partial charge < -0.3 is 10.6 Å².